The maximum Gasteiger partial charge on any atom is 0.261 e. The molecule has 0 radical (unpaired) electrons. The van der Waals surface area contributed by atoms with Crippen molar-refractivity contribution in [2.45, 2.75) is 57.6 Å². The predicted octanol–water partition coefficient (Wildman–Crippen LogP) is 3.26. The molecule has 1 saturated heterocycles. The number of hydrogen-bond donors (Lipinski definition) is 2. The van der Waals surface area contributed by atoms with Crippen LogP contribution in [0.5, 0.6) is 0 Å². The van der Waals surface area contributed by atoms with E-state index in [9.17, 15) is 4.79 Å². The van der Waals surface area contributed by atoms with Crippen molar-refractivity contribution < 1.29 is 9.53 Å². The maximum absolute atomic E-state index is 12.7. The van der Waals surface area contributed by atoms with Crippen molar-refractivity contribution in [3.8, 4) is 0 Å². The molecule has 2 N–H and O–H groups in total. The fourth-order valence-electron chi connectivity index (χ4n) is 3.76. The highest BCUT2D eigenvalue weighted by atomic mass is 32.1. The summed E-state index contributed by atoms with van der Waals surface area (Å²) in [6, 6.07) is 0.320. The lowest BCUT2D eigenvalue weighted by Crippen LogP contribution is -2.32. The van der Waals surface area contributed by atoms with Crippen LogP contribution in [0.3, 0.4) is 0 Å². The zero-order valence-corrected chi connectivity index (χ0v) is 15.3. The molecule has 0 bridgehead atoms. The Balaban J connectivity index is 1.55. The quantitative estimate of drug-likeness (QED) is 0.856. The first-order valence-electron chi connectivity index (χ1n) is 9.13. The highest BCUT2D eigenvalue weighted by Crippen LogP contribution is 2.33. The van der Waals surface area contributed by atoms with Gasteiger partial charge in [0.15, 0.2) is 0 Å². The summed E-state index contributed by atoms with van der Waals surface area (Å²) in [7, 11) is 0. The average Bonchev–Trinajstić information content (AvgIpc) is 3.35. The Morgan fingerprint density at radius 2 is 2.12 bits per heavy atom. The fourth-order valence-corrected chi connectivity index (χ4v) is 4.81. The van der Waals surface area contributed by atoms with Gasteiger partial charge in [0, 0.05) is 19.2 Å². The molecule has 6 nitrogen and oxygen atoms in total. The lowest BCUT2D eigenvalue weighted by atomic mass is 10.1. The number of aryl methyl sites for hydroxylation is 1. The van der Waals surface area contributed by atoms with E-state index in [0.29, 0.717) is 6.04 Å². The van der Waals surface area contributed by atoms with Gasteiger partial charge in [-0.05, 0) is 38.2 Å². The highest BCUT2D eigenvalue weighted by Gasteiger charge is 2.23. The van der Waals surface area contributed by atoms with E-state index in [4.69, 9.17) is 4.74 Å². The van der Waals surface area contributed by atoms with Gasteiger partial charge >= 0.3 is 0 Å². The van der Waals surface area contributed by atoms with Crippen molar-refractivity contribution in [2.75, 3.05) is 18.5 Å². The molecule has 2 aliphatic rings. The van der Waals surface area contributed by atoms with E-state index in [1.165, 1.54) is 24.2 Å². The lowest BCUT2D eigenvalue weighted by Gasteiger charge is -2.12. The van der Waals surface area contributed by atoms with Gasteiger partial charge in [-0.25, -0.2) is 9.97 Å². The second-order valence-corrected chi connectivity index (χ2v) is 7.93. The summed E-state index contributed by atoms with van der Waals surface area (Å²) in [6.45, 7) is 3.57. The van der Waals surface area contributed by atoms with E-state index in [1.54, 1.807) is 6.33 Å². The number of ether oxygens (including phenoxy) is 1. The lowest BCUT2D eigenvalue weighted by molar-refractivity contribution is 0.0941. The molecule has 134 valence electrons. The number of nitrogens with one attached hydrogen (secondary N) is 2. The van der Waals surface area contributed by atoms with Crippen molar-refractivity contribution in [1.82, 2.24) is 15.3 Å². The summed E-state index contributed by atoms with van der Waals surface area (Å²) in [5.74, 6) is 0.826. The molecule has 1 aliphatic heterocycles. The van der Waals surface area contributed by atoms with E-state index in [2.05, 4.69) is 20.6 Å². The normalized spacial score (nSPS) is 21.1. The number of amides is 1. The van der Waals surface area contributed by atoms with Crippen molar-refractivity contribution in [3.63, 3.8) is 0 Å². The molecule has 1 saturated carbocycles. The summed E-state index contributed by atoms with van der Waals surface area (Å²) in [5.41, 5.74) is 0.964. The molecule has 1 amide bonds. The second kappa shape index (κ2) is 7.25. The van der Waals surface area contributed by atoms with Gasteiger partial charge in [0.25, 0.3) is 5.91 Å². The van der Waals surface area contributed by atoms with Crippen molar-refractivity contribution >= 4 is 33.3 Å². The van der Waals surface area contributed by atoms with E-state index in [1.807, 2.05) is 6.92 Å². The van der Waals surface area contributed by atoms with Crippen LogP contribution in [0, 0.1) is 6.92 Å². The Labute approximate surface area is 151 Å². The molecule has 7 heteroatoms. The first kappa shape index (κ1) is 16.7. The molecular weight excluding hydrogens is 336 g/mol. The average molecular weight is 360 g/mol. The summed E-state index contributed by atoms with van der Waals surface area (Å²) >= 11 is 1.45. The minimum Gasteiger partial charge on any atom is -0.376 e. The first-order valence-corrected chi connectivity index (χ1v) is 9.94. The number of nitrogens with zero attached hydrogens (tertiary/aromatic N) is 2. The molecular formula is C18H24N4O2S. The Kier molecular flexibility index (Phi) is 4.85. The van der Waals surface area contributed by atoms with Crippen LogP contribution in [0.15, 0.2) is 6.33 Å². The van der Waals surface area contributed by atoms with Crippen molar-refractivity contribution in [2.24, 2.45) is 0 Å². The topological polar surface area (TPSA) is 76.1 Å². The van der Waals surface area contributed by atoms with Gasteiger partial charge in [-0.2, -0.15) is 0 Å². The molecule has 2 aromatic heterocycles. The molecule has 0 unspecified atom stereocenters. The number of hydrogen-bond acceptors (Lipinski definition) is 6. The third-order valence-electron chi connectivity index (χ3n) is 5.14. The minimum atomic E-state index is 0.0254. The Bertz CT molecular complexity index is 764. The van der Waals surface area contributed by atoms with Gasteiger partial charge in [-0.15, -0.1) is 11.3 Å². The molecule has 4 rings (SSSR count). The first-order chi connectivity index (χ1) is 12.2. The summed E-state index contributed by atoms with van der Waals surface area (Å²) in [5, 5.41) is 7.53. The van der Waals surface area contributed by atoms with Crippen LogP contribution < -0.4 is 10.6 Å². The number of thiophene rings is 1. The van der Waals surface area contributed by atoms with Crippen molar-refractivity contribution in [3.05, 3.63) is 16.8 Å². The highest BCUT2D eigenvalue weighted by molar-refractivity contribution is 7.20. The molecule has 1 aliphatic carbocycles. The Morgan fingerprint density at radius 1 is 1.28 bits per heavy atom. The third-order valence-corrected chi connectivity index (χ3v) is 6.34. The van der Waals surface area contributed by atoms with E-state index in [0.717, 1.165) is 65.3 Å². The van der Waals surface area contributed by atoms with Gasteiger partial charge in [0.1, 0.15) is 17.0 Å². The molecule has 0 spiro atoms. The van der Waals surface area contributed by atoms with Gasteiger partial charge in [0.2, 0.25) is 0 Å². The molecule has 0 aromatic carbocycles. The summed E-state index contributed by atoms with van der Waals surface area (Å²) in [6.07, 6.45) is 8.60. The Morgan fingerprint density at radius 3 is 2.88 bits per heavy atom. The van der Waals surface area contributed by atoms with Crippen LogP contribution in [0.25, 0.3) is 10.2 Å². The van der Waals surface area contributed by atoms with E-state index < -0.39 is 0 Å². The van der Waals surface area contributed by atoms with E-state index >= 15 is 0 Å². The zero-order valence-electron chi connectivity index (χ0n) is 14.5. The number of carbonyl (C=O) groups excluding carboxylic acids is 1. The van der Waals surface area contributed by atoms with Gasteiger partial charge < -0.3 is 15.4 Å². The SMILES string of the molecule is Cc1c(C(=O)NC2CCCC2)sc2ncnc(NC[C@H]3CCCO3)c12. The zero-order chi connectivity index (χ0) is 17.2. The van der Waals surface area contributed by atoms with Crippen LogP contribution in [0.2, 0.25) is 0 Å². The van der Waals surface area contributed by atoms with Crippen LogP contribution >= 0.6 is 11.3 Å². The summed E-state index contributed by atoms with van der Waals surface area (Å²) < 4.78 is 5.67. The van der Waals surface area contributed by atoms with Gasteiger partial charge in [-0.1, -0.05) is 12.8 Å². The van der Waals surface area contributed by atoms with Gasteiger partial charge in [0.05, 0.1) is 16.4 Å². The smallest absolute Gasteiger partial charge is 0.261 e. The number of anilines is 1. The number of rotatable bonds is 5. The monoisotopic (exact) mass is 360 g/mol. The number of aromatic nitrogens is 2. The standard InChI is InChI=1S/C18H24N4O2S/c1-11-14-16(19-9-13-7-4-8-24-13)20-10-21-18(14)25-15(11)17(23)22-12-5-2-3-6-12/h10,12-13H,2-9H2,1H3,(H,22,23)(H,19,20,21)/t13-/m1/s1. The molecule has 3 heterocycles. The van der Waals surface area contributed by atoms with Crippen LogP contribution in [-0.4, -0.2) is 41.2 Å². The molecule has 2 fully saturated rings. The number of fused-ring (bicyclic) bond motifs is 1. The second-order valence-electron chi connectivity index (χ2n) is 6.93. The van der Waals surface area contributed by atoms with Crippen molar-refractivity contribution in [1.29, 1.82) is 0 Å². The predicted molar refractivity (Wildman–Crippen MR) is 99.3 cm³/mol. The van der Waals surface area contributed by atoms with Crippen LogP contribution in [0.1, 0.15) is 53.8 Å². The molecule has 2 aromatic rings. The van der Waals surface area contributed by atoms with Crippen LogP contribution in [-0.2, 0) is 4.74 Å². The summed E-state index contributed by atoms with van der Waals surface area (Å²) in [4.78, 5) is 23.1. The Hall–Kier alpha value is -1.73. The van der Waals surface area contributed by atoms with Crippen LogP contribution in [0.4, 0.5) is 5.82 Å². The molecule has 25 heavy (non-hydrogen) atoms. The van der Waals surface area contributed by atoms with Gasteiger partial charge in [-0.3, -0.25) is 4.79 Å². The molecule has 1 atom stereocenters. The fraction of sp³-hybridized carbons (Fsp3) is 0.611. The third kappa shape index (κ3) is 3.48. The van der Waals surface area contributed by atoms with E-state index in [-0.39, 0.29) is 12.0 Å². The largest absolute Gasteiger partial charge is 0.376 e. The maximum atomic E-state index is 12.7. The minimum absolute atomic E-state index is 0.0254. The number of carbonyl (C=O) groups is 1.